The van der Waals surface area contributed by atoms with Crippen molar-refractivity contribution in [1.29, 1.82) is 0 Å². The fourth-order valence-electron chi connectivity index (χ4n) is 0.990. The first-order valence-electron chi connectivity index (χ1n) is 3.78. The van der Waals surface area contributed by atoms with E-state index in [-0.39, 0.29) is 19.0 Å². The van der Waals surface area contributed by atoms with E-state index < -0.39 is 5.97 Å². The summed E-state index contributed by atoms with van der Waals surface area (Å²) >= 11 is 2.21. The summed E-state index contributed by atoms with van der Waals surface area (Å²) in [5.41, 5.74) is 0.919. The monoisotopic (exact) mass is 327 g/mol. The maximum atomic E-state index is 10.4. The Morgan fingerprint density at radius 3 is 2.36 bits per heavy atom. The van der Waals surface area contributed by atoms with Gasteiger partial charge in [-0.25, -0.2) is 0 Å². The molecule has 0 heterocycles. The Balaban J connectivity index is 0.00000169. The van der Waals surface area contributed by atoms with E-state index in [0.29, 0.717) is 0 Å². The lowest BCUT2D eigenvalue weighted by molar-refractivity contribution is -0.135. The normalized spacial score (nSPS) is 9.00. The van der Waals surface area contributed by atoms with Gasteiger partial charge in [0.05, 0.1) is 0 Å². The van der Waals surface area contributed by atoms with Gasteiger partial charge in [0.25, 0.3) is 0 Å². The van der Waals surface area contributed by atoms with Crippen molar-refractivity contribution < 1.29 is 9.90 Å². The molecule has 0 fully saturated rings. The lowest BCUT2D eigenvalue weighted by Gasteiger charge is -2.16. The van der Waals surface area contributed by atoms with Crippen molar-refractivity contribution in [2.45, 2.75) is 0 Å². The average Bonchev–Trinajstić information content (AvgIpc) is 2.04. The molecule has 3 nitrogen and oxygen atoms in total. The van der Waals surface area contributed by atoms with Crippen LogP contribution in [0.4, 0.5) is 5.69 Å². The van der Waals surface area contributed by atoms with Gasteiger partial charge in [0, 0.05) is 16.3 Å². The lowest BCUT2D eigenvalue weighted by Crippen LogP contribution is -2.24. The second kappa shape index (κ2) is 6.08. The van der Waals surface area contributed by atoms with Gasteiger partial charge in [0.2, 0.25) is 0 Å². The van der Waals surface area contributed by atoms with Crippen LogP contribution in [0.25, 0.3) is 0 Å². The molecule has 0 aliphatic rings. The Morgan fingerprint density at radius 2 is 1.93 bits per heavy atom. The highest BCUT2D eigenvalue weighted by molar-refractivity contribution is 14.1. The van der Waals surface area contributed by atoms with Gasteiger partial charge >= 0.3 is 5.97 Å². The third kappa shape index (κ3) is 4.15. The second-order valence-corrected chi connectivity index (χ2v) is 3.97. The van der Waals surface area contributed by atoms with Crippen molar-refractivity contribution in [2.75, 3.05) is 18.5 Å². The molecule has 14 heavy (non-hydrogen) atoms. The number of carboxylic acids is 1. The summed E-state index contributed by atoms with van der Waals surface area (Å²) in [5.74, 6) is -0.818. The molecule has 0 spiro atoms. The molecule has 0 radical (unpaired) electrons. The SMILES string of the molecule is CN(CC(=O)O)c1ccc(I)cc1.Cl. The van der Waals surface area contributed by atoms with E-state index in [1.807, 2.05) is 24.3 Å². The van der Waals surface area contributed by atoms with E-state index in [2.05, 4.69) is 22.6 Å². The Morgan fingerprint density at radius 1 is 1.43 bits per heavy atom. The van der Waals surface area contributed by atoms with Gasteiger partial charge in [-0.3, -0.25) is 4.79 Å². The highest BCUT2D eigenvalue weighted by atomic mass is 127. The fourth-order valence-corrected chi connectivity index (χ4v) is 1.35. The zero-order chi connectivity index (χ0) is 9.84. The third-order valence-corrected chi connectivity index (χ3v) is 2.36. The number of anilines is 1. The maximum absolute atomic E-state index is 10.4. The number of rotatable bonds is 3. The molecule has 0 bridgehead atoms. The van der Waals surface area contributed by atoms with Crippen LogP contribution in [0.1, 0.15) is 0 Å². The molecule has 0 aliphatic carbocycles. The lowest BCUT2D eigenvalue weighted by atomic mass is 10.3. The van der Waals surface area contributed by atoms with E-state index in [1.165, 1.54) is 0 Å². The molecule has 1 aromatic rings. The molecular weight excluding hydrogens is 316 g/mol. The molecule has 0 saturated heterocycles. The van der Waals surface area contributed by atoms with Crippen molar-refractivity contribution >= 4 is 46.7 Å². The van der Waals surface area contributed by atoms with Crippen LogP contribution < -0.4 is 4.90 Å². The molecule has 1 rings (SSSR count). The maximum Gasteiger partial charge on any atom is 0.323 e. The predicted molar refractivity (Wildman–Crippen MR) is 67.3 cm³/mol. The Kier molecular flexibility index (Phi) is 5.87. The van der Waals surface area contributed by atoms with Gasteiger partial charge in [-0.1, -0.05) is 0 Å². The number of likely N-dealkylation sites (N-methyl/N-ethyl adjacent to an activating group) is 1. The van der Waals surface area contributed by atoms with E-state index in [9.17, 15) is 4.79 Å². The number of aliphatic carboxylic acids is 1. The van der Waals surface area contributed by atoms with Crippen LogP contribution in [0.5, 0.6) is 0 Å². The van der Waals surface area contributed by atoms with Crippen molar-refractivity contribution in [3.63, 3.8) is 0 Å². The number of hydrogen-bond acceptors (Lipinski definition) is 2. The Hall–Kier alpha value is -0.490. The molecule has 5 heteroatoms. The summed E-state index contributed by atoms with van der Waals surface area (Å²) < 4.78 is 1.14. The minimum absolute atomic E-state index is 0. The predicted octanol–water partition coefficient (Wildman–Crippen LogP) is 2.23. The van der Waals surface area contributed by atoms with Crippen LogP contribution in [0.3, 0.4) is 0 Å². The van der Waals surface area contributed by atoms with Crippen LogP contribution in [0.15, 0.2) is 24.3 Å². The van der Waals surface area contributed by atoms with Crippen molar-refractivity contribution in [3.05, 3.63) is 27.8 Å². The van der Waals surface area contributed by atoms with E-state index >= 15 is 0 Å². The molecule has 0 saturated carbocycles. The first-order valence-corrected chi connectivity index (χ1v) is 4.86. The van der Waals surface area contributed by atoms with Crippen molar-refractivity contribution in [2.24, 2.45) is 0 Å². The van der Waals surface area contributed by atoms with Crippen molar-refractivity contribution in [3.8, 4) is 0 Å². The zero-order valence-electron chi connectivity index (χ0n) is 7.61. The van der Waals surface area contributed by atoms with Crippen LogP contribution in [0, 0.1) is 3.57 Å². The molecule has 0 amide bonds. The van der Waals surface area contributed by atoms with Crippen LogP contribution >= 0.6 is 35.0 Å². The first-order chi connectivity index (χ1) is 6.09. The minimum Gasteiger partial charge on any atom is -0.480 e. The van der Waals surface area contributed by atoms with Gasteiger partial charge in [-0.15, -0.1) is 12.4 Å². The fraction of sp³-hybridized carbons (Fsp3) is 0.222. The molecule has 0 atom stereocenters. The van der Waals surface area contributed by atoms with Gasteiger partial charge in [0.15, 0.2) is 0 Å². The molecule has 0 aromatic heterocycles. The summed E-state index contributed by atoms with van der Waals surface area (Å²) in [6.45, 7) is 0.0284. The summed E-state index contributed by atoms with van der Waals surface area (Å²) in [6.07, 6.45) is 0. The standard InChI is InChI=1S/C9H10INO2.ClH/c1-11(6-9(12)13)8-4-2-7(10)3-5-8;/h2-5H,6H2,1H3,(H,12,13);1H. The quantitative estimate of drug-likeness (QED) is 0.866. The number of halogens is 2. The van der Waals surface area contributed by atoms with E-state index in [1.54, 1.807) is 11.9 Å². The van der Waals surface area contributed by atoms with Crippen LogP contribution in [-0.2, 0) is 4.79 Å². The van der Waals surface area contributed by atoms with Gasteiger partial charge < -0.3 is 10.0 Å². The van der Waals surface area contributed by atoms with E-state index in [0.717, 1.165) is 9.26 Å². The van der Waals surface area contributed by atoms with Gasteiger partial charge in [-0.2, -0.15) is 0 Å². The third-order valence-electron chi connectivity index (χ3n) is 1.64. The highest BCUT2D eigenvalue weighted by Crippen LogP contribution is 2.14. The highest BCUT2D eigenvalue weighted by Gasteiger charge is 2.04. The number of carbonyl (C=O) groups is 1. The van der Waals surface area contributed by atoms with Crippen LogP contribution in [0.2, 0.25) is 0 Å². The van der Waals surface area contributed by atoms with Crippen LogP contribution in [-0.4, -0.2) is 24.7 Å². The first kappa shape index (κ1) is 13.5. The number of hydrogen-bond donors (Lipinski definition) is 1. The van der Waals surface area contributed by atoms with Gasteiger partial charge in [0.1, 0.15) is 6.54 Å². The Bertz CT molecular complexity index is 302. The molecular formula is C9H11ClINO2. The minimum atomic E-state index is -0.818. The van der Waals surface area contributed by atoms with Gasteiger partial charge in [-0.05, 0) is 46.9 Å². The Labute approximate surface area is 103 Å². The molecule has 0 unspecified atom stereocenters. The topological polar surface area (TPSA) is 40.5 Å². The number of nitrogens with zero attached hydrogens (tertiary/aromatic N) is 1. The summed E-state index contributed by atoms with van der Waals surface area (Å²) in [5, 5.41) is 8.56. The van der Waals surface area contributed by atoms with E-state index in [4.69, 9.17) is 5.11 Å². The average molecular weight is 328 g/mol. The smallest absolute Gasteiger partial charge is 0.323 e. The summed E-state index contributed by atoms with van der Waals surface area (Å²) in [6, 6.07) is 7.72. The van der Waals surface area contributed by atoms with Crippen molar-refractivity contribution in [1.82, 2.24) is 0 Å². The molecule has 0 aliphatic heterocycles. The molecule has 1 aromatic carbocycles. The second-order valence-electron chi connectivity index (χ2n) is 2.73. The molecule has 78 valence electrons. The summed E-state index contributed by atoms with van der Waals surface area (Å²) in [4.78, 5) is 12.1. The number of benzene rings is 1. The summed E-state index contributed by atoms with van der Waals surface area (Å²) in [7, 11) is 1.76. The number of carboxylic acid groups (broad SMARTS) is 1. The zero-order valence-corrected chi connectivity index (χ0v) is 10.6. The molecule has 1 N–H and O–H groups in total. The largest absolute Gasteiger partial charge is 0.480 e.